The maximum absolute atomic E-state index is 13.2. The molecule has 1 amide bonds. The minimum absolute atomic E-state index is 0.0253. The van der Waals surface area contributed by atoms with E-state index in [0.717, 1.165) is 43.5 Å². The molecule has 41 heavy (non-hydrogen) atoms. The predicted octanol–water partition coefficient (Wildman–Crippen LogP) is 4.80. The van der Waals surface area contributed by atoms with Crippen LogP contribution in [0.15, 0.2) is 36.4 Å². The molecule has 0 aliphatic carbocycles. The van der Waals surface area contributed by atoms with Crippen molar-refractivity contribution in [1.82, 2.24) is 10.2 Å². The first-order valence-corrected chi connectivity index (χ1v) is 14.9. The number of esters is 1. The molecule has 0 bridgehead atoms. The fraction of sp³-hybridized carbons (Fsp3) is 0.576. The number of unbranched alkanes of at least 4 members (excludes halogenated alkanes) is 2. The van der Waals surface area contributed by atoms with Gasteiger partial charge >= 0.3 is 5.97 Å². The van der Waals surface area contributed by atoms with Gasteiger partial charge in [-0.1, -0.05) is 31.9 Å². The highest BCUT2D eigenvalue weighted by atomic mass is 16.5. The third-order valence-corrected chi connectivity index (χ3v) is 7.80. The standard InChI is InChI=1S/C33H49N3O5/c1-8-9-10-11-26-13-14-27(33(38)40-7)18-31(26)35(5)22-29(16-28-17-30(39-6)15-12-23(28)2)34-19-32(37)36-20-24(3)41-25(4)21-36/h12-15,17-18,24-25,29,34H,8-11,16,19-22H2,1-7H3/t24-,25+,29?. The van der Waals surface area contributed by atoms with Crippen molar-refractivity contribution >= 4 is 17.6 Å². The minimum Gasteiger partial charge on any atom is -0.497 e. The van der Waals surface area contributed by atoms with Gasteiger partial charge < -0.3 is 29.3 Å². The number of carbonyl (C=O) groups is 2. The highest BCUT2D eigenvalue weighted by Gasteiger charge is 2.26. The second-order valence-electron chi connectivity index (χ2n) is 11.3. The van der Waals surface area contributed by atoms with E-state index in [1.54, 1.807) is 7.11 Å². The molecule has 2 aromatic rings. The molecular weight excluding hydrogens is 518 g/mol. The number of anilines is 1. The maximum atomic E-state index is 13.2. The summed E-state index contributed by atoms with van der Waals surface area (Å²) >= 11 is 0. The van der Waals surface area contributed by atoms with E-state index in [4.69, 9.17) is 14.2 Å². The zero-order chi connectivity index (χ0) is 29.9. The lowest BCUT2D eigenvalue weighted by Gasteiger charge is -2.36. The van der Waals surface area contributed by atoms with Gasteiger partial charge in [-0.15, -0.1) is 0 Å². The molecule has 1 unspecified atom stereocenters. The smallest absolute Gasteiger partial charge is 0.337 e. The van der Waals surface area contributed by atoms with Crippen molar-refractivity contribution < 1.29 is 23.8 Å². The Bertz CT molecular complexity index is 1140. The normalized spacial score (nSPS) is 17.7. The summed E-state index contributed by atoms with van der Waals surface area (Å²) in [7, 11) is 5.14. The number of amides is 1. The highest BCUT2D eigenvalue weighted by Crippen LogP contribution is 2.26. The van der Waals surface area contributed by atoms with Gasteiger partial charge in [0.1, 0.15) is 5.75 Å². The Labute approximate surface area is 246 Å². The van der Waals surface area contributed by atoms with Crippen LogP contribution in [0.2, 0.25) is 0 Å². The van der Waals surface area contributed by atoms with Crippen LogP contribution in [0.5, 0.6) is 5.75 Å². The molecule has 1 fully saturated rings. The molecule has 8 heteroatoms. The fourth-order valence-corrected chi connectivity index (χ4v) is 5.56. The summed E-state index contributed by atoms with van der Waals surface area (Å²) in [6.45, 7) is 10.4. The fourth-order valence-electron chi connectivity index (χ4n) is 5.56. The lowest BCUT2D eigenvalue weighted by Crippen LogP contribution is -2.52. The summed E-state index contributed by atoms with van der Waals surface area (Å²) in [5.41, 5.74) is 5.10. The van der Waals surface area contributed by atoms with E-state index in [0.29, 0.717) is 25.2 Å². The van der Waals surface area contributed by atoms with Crippen molar-refractivity contribution in [1.29, 1.82) is 0 Å². The number of ether oxygens (including phenoxy) is 3. The largest absolute Gasteiger partial charge is 0.497 e. The van der Waals surface area contributed by atoms with Gasteiger partial charge in [0, 0.05) is 38.4 Å². The van der Waals surface area contributed by atoms with Gasteiger partial charge in [-0.3, -0.25) is 4.79 Å². The Morgan fingerprint density at radius 3 is 2.46 bits per heavy atom. The molecule has 1 aliphatic rings. The molecule has 0 saturated carbocycles. The SMILES string of the molecule is CCCCCc1ccc(C(=O)OC)cc1N(C)CC(Cc1cc(OC)ccc1C)NCC(=O)N1C[C@@H](C)O[C@@H](C)C1. The van der Waals surface area contributed by atoms with Crippen LogP contribution >= 0.6 is 0 Å². The molecule has 3 atom stereocenters. The van der Waals surface area contributed by atoms with Gasteiger partial charge in [-0.2, -0.15) is 0 Å². The first-order chi connectivity index (χ1) is 19.6. The van der Waals surface area contributed by atoms with Gasteiger partial charge in [0.25, 0.3) is 0 Å². The predicted molar refractivity (Wildman–Crippen MR) is 164 cm³/mol. The number of benzene rings is 2. The number of nitrogens with zero attached hydrogens (tertiary/aromatic N) is 2. The first kappa shape index (κ1) is 32.4. The van der Waals surface area contributed by atoms with E-state index in [1.807, 2.05) is 43.0 Å². The lowest BCUT2D eigenvalue weighted by atomic mass is 9.99. The van der Waals surface area contributed by atoms with Crippen LogP contribution in [-0.4, -0.2) is 82.5 Å². The van der Waals surface area contributed by atoms with E-state index >= 15 is 0 Å². The van der Waals surface area contributed by atoms with E-state index in [9.17, 15) is 9.59 Å². The molecule has 0 radical (unpaired) electrons. The van der Waals surface area contributed by atoms with Crippen LogP contribution in [0.4, 0.5) is 5.69 Å². The summed E-state index contributed by atoms with van der Waals surface area (Å²) in [5.74, 6) is 0.546. The zero-order valence-corrected chi connectivity index (χ0v) is 26.0. The summed E-state index contributed by atoms with van der Waals surface area (Å²) in [6.07, 6.45) is 5.10. The van der Waals surface area contributed by atoms with E-state index in [2.05, 4.69) is 43.2 Å². The Hall–Kier alpha value is -3.10. The van der Waals surface area contributed by atoms with Crippen molar-refractivity contribution in [2.75, 3.05) is 52.3 Å². The van der Waals surface area contributed by atoms with Crippen LogP contribution in [-0.2, 0) is 27.1 Å². The quantitative estimate of drug-likeness (QED) is 0.260. The van der Waals surface area contributed by atoms with Crippen molar-refractivity contribution in [3.8, 4) is 5.75 Å². The molecule has 8 nitrogen and oxygen atoms in total. The van der Waals surface area contributed by atoms with E-state index in [1.165, 1.54) is 23.8 Å². The molecule has 1 N–H and O–H groups in total. The van der Waals surface area contributed by atoms with Gasteiger partial charge in [-0.25, -0.2) is 4.79 Å². The Morgan fingerprint density at radius 1 is 1.07 bits per heavy atom. The third-order valence-electron chi connectivity index (χ3n) is 7.80. The van der Waals surface area contributed by atoms with Crippen LogP contribution in [0, 0.1) is 6.92 Å². The lowest BCUT2D eigenvalue weighted by molar-refractivity contribution is -0.142. The maximum Gasteiger partial charge on any atom is 0.337 e. The van der Waals surface area contributed by atoms with Crippen molar-refractivity contribution in [2.45, 2.75) is 78.0 Å². The second-order valence-corrected chi connectivity index (χ2v) is 11.3. The number of hydrogen-bond donors (Lipinski definition) is 1. The average Bonchev–Trinajstić information content (AvgIpc) is 2.96. The third kappa shape index (κ3) is 9.47. The number of rotatable bonds is 14. The molecule has 3 rings (SSSR count). The zero-order valence-electron chi connectivity index (χ0n) is 26.0. The average molecular weight is 568 g/mol. The number of aryl methyl sites for hydroxylation is 2. The second kappa shape index (κ2) is 15.8. The molecule has 226 valence electrons. The molecule has 2 aromatic carbocycles. The summed E-state index contributed by atoms with van der Waals surface area (Å²) < 4.78 is 16.3. The molecule has 1 aliphatic heterocycles. The molecule has 1 saturated heterocycles. The van der Waals surface area contributed by atoms with E-state index in [-0.39, 0.29) is 36.7 Å². The minimum atomic E-state index is -0.346. The molecule has 0 spiro atoms. The van der Waals surface area contributed by atoms with Gasteiger partial charge in [0.15, 0.2) is 0 Å². The number of morpholine rings is 1. The summed E-state index contributed by atoms with van der Waals surface area (Å²) in [6, 6.07) is 11.9. The monoisotopic (exact) mass is 567 g/mol. The molecule has 1 heterocycles. The van der Waals surface area contributed by atoms with Crippen LogP contribution in [0.3, 0.4) is 0 Å². The summed E-state index contributed by atoms with van der Waals surface area (Å²) in [5, 5.41) is 3.57. The van der Waals surface area contributed by atoms with Gasteiger partial charge in [0.05, 0.1) is 38.5 Å². The number of methoxy groups -OCH3 is 2. The van der Waals surface area contributed by atoms with Crippen molar-refractivity contribution in [3.05, 3.63) is 58.7 Å². The van der Waals surface area contributed by atoms with Crippen molar-refractivity contribution in [3.63, 3.8) is 0 Å². The number of nitrogens with one attached hydrogen (secondary N) is 1. The highest BCUT2D eigenvalue weighted by molar-refractivity contribution is 5.90. The van der Waals surface area contributed by atoms with Crippen molar-refractivity contribution in [2.24, 2.45) is 0 Å². The Balaban J connectivity index is 1.85. The first-order valence-electron chi connectivity index (χ1n) is 14.9. The van der Waals surface area contributed by atoms with Gasteiger partial charge in [0.2, 0.25) is 5.91 Å². The van der Waals surface area contributed by atoms with E-state index < -0.39 is 0 Å². The molecular formula is C33H49N3O5. The number of carbonyl (C=O) groups excluding carboxylic acids is 2. The number of likely N-dealkylation sites (N-methyl/N-ethyl adjacent to an activating group) is 1. The van der Waals surface area contributed by atoms with Gasteiger partial charge in [-0.05, 0) is 81.0 Å². The molecule has 0 aromatic heterocycles. The van der Waals surface area contributed by atoms with Crippen LogP contribution in [0.1, 0.15) is 67.1 Å². The van der Waals surface area contributed by atoms with Crippen LogP contribution in [0.25, 0.3) is 0 Å². The Kier molecular flexibility index (Phi) is 12.5. The summed E-state index contributed by atoms with van der Waals surface area (Å²) in [4.78, 5) is 29.7. The Morgan fingerprint density at radius 2 is 1.80 bits per heavy atom. The van der Waals surface area contributed by atoms with Crippen LogP contribution < -0.4 is 15.0 Å². The number of hydrogen-bond acceptors (Lipinski definition) is 7. The topological polar surface area (TPSA) is 80.3 Å².